The van der Waals surface area contributed by atoms with Crippen molar-refractivity contribution in [2.45, 2.75) is 12.8 Å². The predicted molar refractivity (Wildman–Crippen MR) is 60.3 cm³/mol. The molecule has 1 aromatic carbocycles. The van der Waals surface area contributed by atoms with Gasteiger partial charge in [-0.15, -0.1) is 0 Å². The summed E-state index contributed by atoms with van der Waals surface area (Å²) in [7, 11) is 0. The third kappa shape index (κ3) is 3.44. The number of aromatic hydroxyl groups is 1. The Balaban J connectivity index is 2.59. The standard InChI is InChI=1S/C11H11ClN2O2/c12-10-4-3-8(15)7-9(10)11(16)14-6-2-1-5-13/h3-4,7,15H,1-2,6H2,(H,14,16). The highest BCUT2D eigenvalue weighted by Crippen LogP contribution is 2.20. The molecule has 2 N–H and O–H groups in total. The zero-order valence-electron chi connectivity index (χ0n) is 8.53. The third-order valence-electron chi connectivity index (χ3n) is 1.95. The molecule has 0 atom stereocenters. The Morgan fingerprint density at radius 3 is 3.00 bits per heavy atom. The summed E-state index contributed by atoms with van der Waals surface area (Å²) in [6, 6.07) is 6.16. The molecule has 0 aliphatic heterocycles. The molecule has 0 aliphatic carbocycles. The summed E-state index contributed by atoms with van der Waals surface area (Å²) in [4.78, 5) is 11.6. The van der Waals surface area contributed by atoms with E-state index in [4.69, 9.17) is 16.9 Å². The van der Waals surface area contributed by atoms with Gasteiger partial charge in [-0.1, -0.05) is 11.6 Å². The van der Waals surface area contributed by atoms with Crippen LogP contribution in [0.15, 0.2) is 18.2 Å². The number of benzene rings is 1. The van der Waals surface area contributed by atoms with Gasteiger partial charge < -0.3 is 10.4 Å². The average molecular weight is 239 g/mol. The van der Waals surface area contributed by atoms with Gasteiger partial charge in [0.2, 0.25) is 0 Å². The lowest BCUT2D eigenvalue weighted by Crippen LogP contribution is -2.24. The number of halogens is 1. The van der Waals surface area contributed by atoms with Crippen LogP contribution < -0.4 is 5.32 Å². The molecular formula is C11H11ClN2O2. The van der Waals surface area contributed by atoms with Crippen LogP contribution in [0, 0.1) is 11.3 Å². The molecule has 0 radical (unpaired) electrons. The first kappa shape index (κ1) is 12.3. The number of amides is 1. The number of carbonyl (C=O) groups excluding carboxylic acids is 1. The Hall–Kier alpha value is -1.73. The summed E-state index contributed by atoms with van der Waals surface area (Å²) in [5, 5.41) is 20.4. The molecule has 0 heterocycles. The van der Waals surface area contributed by atoms with E-state index in [1.54, 1.807) is 0 Å². The molecule has 0 aromatic heterocycles. The maximum Gasteiger partial charge on any atom is 0.252 e. The number of unbranched alkanes of at least 4 members (excludes halogenated alkanes) is 1. The number of carbonyl (C=O) groups is 1. The molecule has 5 heteroatoms. The Morgan fingerprint density at radius 2 is 2.31 bits per heavy atom. The highest BCUT2D eigenvalue weighted by molar-refractivity contribution is 6.33. The van der Waals surface area contributed by atoms with E-state index < -0.39 is 0 Å². The van der Waals surface area contributed by atoms with Crippen molar-refractivity contribution in [3.8, 4) is 11.8 Å². The van der Waals surface area contributed by atoms with Crippen molar-refractivity contribution in [3.63, 3.8) is 0 Å². The number of nitriles is 1. The number of hydrogen-bond donors (Lipinski definition) is 2. The van der Waals surface area contributed by atoms with Gasteiger partial charge in [0.15, 0.2) is 0 Å². The molecule has 0 aliphatic rings. The minimum absolute atomic E-state index is 0.00780. The third-order valence-corrected chi connectivity index (χ3v) is 2.28. The van der Waals surface area contributed by atoms with E-state index in [0.717, 1.165) is 0 Å². The summed E-state index contributed by atoms with van der Waals surface area (Å²) in [5.74, 6) is -0.356. The highest BCUT2D eigenvalue weighted by atomic mass is 35.5. The van der Waals surface area contributed by atoms with Gasteiger partial charge >= 0.3 is 0 Å². The maximum absolute atomic E-state index is 11.6. The first-order valence-corrected chi connectivity index (χ1v) is 5.16. The fraction of sp³-hybridized carbons (Fsp3) is 0.273. The summed E-state index contributed by atoms with van der Waals surface area (Å²) < 4.78 is 0. The van der Waals surface area contributed by atoms with Gasteiger partial charge in [0.25, 0.3) is 5.91 Å². The molecular weight excluding hydrogens is 228 g/mol. The van der Waals surface area contributed by atoms with Gasteiger partial charge in [-0.3, -0.25) is 4.79 Å². The molecule has 1 aromatic rings. The molecule has 84 valence electrons. The average Bonchev–Trinajstić information content (AvgIpc) is 2.27. The number of nitrogens with one attached hydrogen (secondary N) is 1. The van der Waals surface area contributed by atoms with E-state index in [0.29, 0.717) is 19.4 Å². The van der Waals surface area contributed by atoms with Crippen molar-refractivity contribution >= 4 is 17.5 Å². The van der Waals surface area contributed by atoms with Crippen LogP contribution in [0.1, 0.15) is 23.2 Å². The second-order valence-electron chi connectivity index (χ2n) is 3.18. The first-order chi connectivity index (χ1) is 7.65. The summed E-state index contributed by atoms with van der Waals surface area (Å²) in [6.07, 6.45) is 0.993. The number of rotatable bonds is 4. The Labute approximate surface area is 98.5 Å². The lowest BCUT2D eigenvalue weighted by Gasteiger charge is -2.05. The van der Waals surface area contributed by atoms with Gasteiger partial charge in [0.05, 0.1) is 16.7 Å². The van der Waals surface area contributed by atoms with Crippen LogP contribution in [0.25, 0.3) is 0 Å². The van der Waals surface area contributed by atoms with Gasteiger partial charge in [-0.05, 0) is 24.6 Å². The molecule has 4 nitrogen and oxygen atoms in total. The van der Waals surface area contributed by atoms with Crippen LogP contribution in [0.4, 0.5) is 0 Å². The Bertz CT molecular complexity index is 426. The lowest BCUT2D eigenvalue weighted by molar-refractivity contribution is 0.0953. The highest BCUT2D eigenvalue weighted by Gasteiger charge is 2.10. The Morgan fingerprint density at radius 1 is 1.56 bits per heavy atom. The van der Waals surface area contributed by atoms with Gasteiger partial charge in [-0.2, -0.15) is 5.26 Å². The van der Waals surface area contributed by atoms with Crippen molar-refractivity contribution in [3.05, 3.63) is 28.8 Å². The number of hydrogen-bond acceptors (Lipinski definition) is 3. The minimum Gasteiger partial charge on any atom is -0.508 e. The first-order valence-electron chi connectivity index (χ1n) is 4.79. The minimum atomic E-state index is -0.348. The zero-order valence-corrected chi connectivity index (χ0v) is 9.29. The van der Waals surface area contributed by atoms with Crippen LogP contribution in [0.3, 0.4) is 0 Å². The fourth-order valence-corrected chi connectivity index (χ4v) is 1.36. The van der Waals surface area contributed by atoms with E-state index >= 15 is 0 Å². The van der Waals surface area contributed by atoms with Crippen LogP contribution >= 0.6 is 11.6 Å². The number of nitrogens with zero attached hydrogens (tertiary/aromatic N) is 1. The lowest BCUT2D eigenvalue weighted by atomic mass is 10.2. The molecule has 0 fully saturated rings. The second-order valence-corrected chi connectivity index (χ2v) is 3.59. The monoisotopic (exact) mass is 238 g/mol. The van der Waals surface area contributed by atoms with E-state index in [9.17, 15) is 9.90 Å². The molecule has 0 bridgehead atoms. The van der Waals surface area contributed by atoms with Crippen LogP contribution in [-0.2, 0) is 0 Å². The van der Waals surface area contributed by atoms with Crippen molar-refractivity contribution in [1.29, 1.82) is 5.26 Å². The van der Waals surface area contributed by atoms with E-state index in [1.165, 1.54) is 18.2 Å². The van der Waals surface area contributed by atoms with E-state index in [-0.39, 0.29) is 22.2 Å². The summed E-state index contributed by atoms with van der Waals surface area (Å²) >= 11 is 5.81. The van der Waals surface area contributed by atoms with Crippen molar-refractivity contribution in [1.82, 2.24) is 5.32 Å². The van der Waals surface area contributed by atoms with Crippen LogP contribution in [0.2, 0.25) is 5.02 Å². The molecule has 0 unspecified atom stereocenters. The van der Waals surface area contributed by atoms with E-state index in [2.05, 4.69) is 5.32 Å². The van der Waals surface area contributed by atoms with Gasteiger partial charge in [-0.25, -0.2) is 0 Å². The van der Waals surface area contributed by atoms with Crippen molar-refractivity contribution in [2.24, 2.45) is 0 Å². The van der Waals surface area contributed by atoms with Crippen molar-refractivity contribution < 1.29 is 9.90 Å². The molecule has 0 saturated heterocycles. The van der Waals surface area contributed by atoms with Crippen LogP contribution in [-0.4, -0.2) is 17.6 Å². The van der Waals surface area contributed by atoms with Gasteiger partial charge in [0.1, 0.15) is 5.75 Å². The zero-order chi connectivity index (χ0) is 12.0. The molecule has 16 heavy (non-hydrogen) atoms. The van der Waals surface area contributed by atoms with Gasteiger partial charge in [0, 0.05) is 13.0 Å². The largest absolute Gasteiger partial charge is 0.508 e. The molecule has 1 amide bonds. The van der Waals surface area contributed by atoms with Crippen molar-refractivity contribution in [2.75, 3.05) is 6.54 Å². The molecule has 0 spiro atoms. The second kappa shape index (κ2) is 5.99. The fourth-order valence-electron chi connectivity index (χ4n) is 1.15. The quantitative estimate of drug-likeness (QED) is 0.789. The molecule has 1 rings (SSSR count). The SMILES string of the molecule is N#CCCCNC(=O)c1cc(O)ccc1Cl. The number of phenols is 1. The predicted octanol–water partition coefficient (Wildman–Crippen LogP) is 2.08. The maximum atomic E-state index is 11.6. The molecule has 0 saturated carbocycles. The normalized spacial score (nSPS) is 9.50. The summed E-state index contributed by atoms with van der Waals surface area (Å²) in [6.45, 7) is 0.415. The number of phenolic OH excluding ortho intramolecular Hbond substituents is 1. The topological polar surface area (TPSA) is 73.1 Å². The Kier molecular flexibility index (Phi) is 4.62. The van der Waals surface area contributed by atoms with Crippen LogP contribution in [0.5, 0.6) is 5.75 Å². The summed E-state index contributed by atoms with van der Waals surface area (Å²) in [5.41, 5.74) is 0.235. The smallest absolute Gasteiger partial charge is 0.252 e. The van der Waals surface area contributed by atoms with E-state index in [1.807, 2.05) is 6.07 Å².